The van der Waals surface area contributed by atoms with E-state index in [1.807, 2.05) is 4.90 Å². The number of nitrogens with one attached hydrogen (secondary N) is 1. The lowest BCUT2D eigenvalue weighted by Gasteiger charge is -2.31. The summed E-state index contributed by atoms with van der Waals surface area (Å²) in [6.07, 6.45) is 1.36. The minimum Gasteiger partial charge on any atom is -0.409 e. The first-order valence-corrected chi connectivity index (χ1v) is 9.05. The zero-order valence-electron chi connectivity index (χ0n) is 11.2. The number of thiophene rings is 1. The van der Waals surface area contributed by atoms with Gasteiger partial charge in [-0.15, -0.1) is 11.3 Å². The van der Waals surface area contributed by atoms with Gasteiger partial charge in [0.1, 0.15) is 4.21 Å². The maximum atomic E-state index is 12.2. The van der Waals surface area contributed by atoms with Crippen molar-refractivity contribution in [1.29, 1.82) is 0 Å². The first-order valence-electron chi connectivity index (χ1n) is 6.37. The number of halogens is 1. The Morgan fingerprint density at radius 1 is 1.52 bits per heavy atom. The molecule has 0 bridgehead atoms. The molecule has 7 nitrogen and oxygen atoms in total. The molecule has 0 aromatic carbocycles. The van der Waals surface area contributed by atoms with Crippen molar-refractivity contribution in [3.8, 4) is 0 Å². The van der Waals surface area contributed by atoms with Gasteiger partial charge in [0.05, 0.1) is 10.9 Å². The number of hydrogen-bond donors (Lipinski definition) is 3. The van der Waals surface area contributed by atoms with Crippen LogP contribution in [0.3, 0.4) is 0 Å². The summed E-state index contributed by atoms with van der Waals surface area (Å²) in [5.74, 6) is 0.155. The van der Waals surface area contributed by atoms with E-state index in [1.54, 1.807) is 6.07 Å². The first-order chi connectivity index (χ1) is 9.90. The molecule has 1 saturated heterocycles. The Bertz CT molecular complexity index is 609. The smallest absolute Gasteiger partial charge is 0.250 e. The summed E-state index contributed by atoms with van der Waals surface area (Å²) in [7, 11) is -3.51. The van der Waals surface area contributed by atoms with Crippen LogP contribution in [0.1, 0.15) is 12.8 Å². The predicted octanol–water partition coefficient (Wildman–Crippen LogP) is 0.891. The second-order valence-electron chi connectivity index (χ2n) is 4.82. The molecule has 118 valence electrons. The van der Waals surface area contributed by atoms with Crippen LogP contribution in [-0.4, -0.2) is 50.0 Å². The predicted molar refractivity (Wildman–Crippen MR) is 82.5 cm³/mol. The minimum atomic E-state index is -3.51. The summed E-state index contributed by atoms with van der Waals surface area (Å²) in [5, 5.41) is 11.5. The van der Waals surface area contributed by atoms with Gasteiger partial charge in [-0.3, -0.25) is 4.90 Å². The highest BCUT2D eigenvalue weighted by Crippen LogP contribution is 2.26. The Kier molecular flexibility index (Phi) is 5.44. The standard InChI is InChI=1S/C11H17ClN4O3S2/c12-9-1-2-11(20-9)21(18,19)15-8-3-5-16(6-4-8)7-10(13)14-17/h1-2,8,15,17H,3-7H2,(H2,13,14). The first kappa shape index (κ1) is 16.5. The molecule has 0 aliphatic carbocycles. The number of rotatable bonds is 5. The third-order valence-corrected chi connectivity index (χ3v) is 6.48. The molecule has 0 saturated carbocycles. The molecule has 2 heterocycles. The molecule has 1 aromatic heterocycles. The largest absolute Gasteiger partial charge is 0.409 e. The number of oxime groups is 1. The highest BCUT2D eigenvalue weighted by atomic mass is 35.5. The van der Waals surface area contributed by atoms with E-state index in [9.17, 15) is 8.42 Å². The molecule has 2 rings (SSSR count). The van der Waals surface area contributed by atoms with Crippen molar-refractivity contribution < 1.29 is 13.6 Å². The summed E-state index contributed by atoms with van der Waals surface area (Å²) in [5.41, 5.74) is 5.45. The van der Waals surface area contributed by atoms with E-state index < -0.39 is 10.0 Å². The fourth-order valence-corrected chi connectivity index (χ4v) is 4.99. The van der Waals surface area contributed by atoms with Gasteiger partial charge >= 0.3 is 0 Å². The fraction of sp³-hybridized carbons (Fsp3) is 0.545. The molecule has 1 aliphatic rings. The molecule has 0 atom stereocenters. The highest BCUT2D eigenvalue weighted by molar-refractivity contribution is 7.91. The van der Waals surface area contributed by atoms with Gasteiger partial charge in [-0.25, -0.2) is 13.1 Å². The summed E-state index contributed by atoms with van der Waals surface area (Å²) < 4.78 is 27.7. The Labute approximate surface area is 132 Å². The van der Waals surface area contributed by atoms with Gasteiger partial charge in [0.2, 0.25) is 10.0 Å². The van der Waals surface area contributed by atoms with E-state index in [2.05, 4.69) is 9.88 Å². The molecule has 0 unspecified atom stereocenters. The van der Waals surface area contributed by atoms with Crippen LogP contribution in [-0.2, 0) is 10.0 Å². The van der Waals surface area contributed by atoms with Gasteiger partial charge in [-0.2, -0.15) is 0 Å². The van der Waals surface area contributed by atoms with Gasteiger partial charge in [-0.05, 0) is 25.0 Å². The molecular formula is C11H17ClN4O3S2. The maximum Gasteiger partial charge on any atom is 0.250 e. The number of nitrogens with two attached hydrogens (primary N) is 1. The average Bonchev–Trinajstić information content (AvgIpc) is 2.88. The van der Waals surface area contributed by atoms with Crippen LogP contribution in [0.2, 0.25) is 4.34 Å². The van der Waals surface area contributed by atoms with E-state index in [0.29, 0.717) is 36.8 Å². The van der Waals surface area contributed by atoms with Crippen LogP contribution >= 0.6 is 22.9 Å². The molecule has 0 amide bonds. The molecule has 1 fully saturated rings. The Morgan fingerprint density at radius 2 is 2.19 bits per heavy atom. The van der Waals surface area contributed by atoms with Crippen LogP contribution in [0.4, 0.5) is 0 Å². The van der Waals surface area contributed by atoms with Crippen LogP contribution in [0, 0.1) is 0 Å². The summed E-state index contributed by atoms with van der Waals surface area (Å²) in [4.78, 5) is 2.02. The number of amidine groups is 1. The molecule has 0 radical (unpaired) electrons. The fourth-order valence-electron chi connectivity index (χ4n) is 2.19. The average molecular weight is 353 g/mol. The lowest BCUT2D eigenvalue weighted by atomic mass is 10.1. The SMILES string of the molecule is NC(CN1CCC(NS(=O)(=O)c2ccc(Cl)s2)CC1)=NO. The Balaban J connectivity index is 1.89. The molecule has 21 heavy (non-hydrogen) atoms. The van der Waals surface area contributed by atoms with Gasteiger partial charge in [0, 0.05) is 19.1 Å². The number of piperidine rings is 1. The summed E-state index contributed by atoms with van der Waals surface area (Å²) >= 11 is 6.81. The zero-order chi connectivity index (χ0) is 15.5. The van der Waals surface area contributed by atoms with Crippen molar-refractivity contribution in [2.45, 2.75) is 23.1 Å². The number of hydrogen-bond acceptors (Lipinski definition) is 6. The van der Waals surface area contributed by atoms with Gasteiger partial charge < -0.3 is 10.9 Å². The van der Waals surface area contributed by atoms with E-state index in [4.69, 9.17) is 22.5 Å². The molecule has 10 heteroatoms. The van der Waals surface area contributed by atoms with E-state index in [1.165, 1.54) is 6.07 Å². The second kappa shape index (κ2) is 6.93. The van der Waals surface area contributed by atoms with Crippen LogP contribution in [0.5, 0.6) is 0 Å². The monoisotopic (exact) mass is 352 g/mol. The summed E-state index contributed by atoms with van der Waals surface area (Å²) in [6.45, 7) is 1.76. The number of sulfonamides is 1. The van der Waals surface area contributed by atoms with Crippen molar-refractivity contribution >= 4 is 38.8 Å². The molecular weight excluding hydrogens is 336 g/mol. The second-order valence-corrected chi connectivity index (χ2v) is 8.48. The Morgan fingerprint density at radius 3 is 2.71 bits per heavy atom. The third-order valence-electron chi connectivity index (χ3n) is 3.24. The summed E-state index contributed by atoms with van der Waals surface area (Å²) in [6, 6.07) is 2.96. The van der Waals surface area contributed by atoms with Gasteiger partial charge in [0.25, 0.3) is 0 Å². The lowest BCUT2D eigenvalue weighted by molar-refractivity contribution is 0.228. The number of nitrogens with zero attached hydrogens (tertiary/aromatic N) is 2. The molecule has 4 N–H and O–H groups in total. The molecule has 1 aromatic rings. The Hall–Kier alpha value is -0.870. The van der Waals surface area contributed by atoms with Crippen molar-refractivity contribution in [1.82, 2.24) is 9.62 Å². The van der Waals surface area contributed by atoms with Crippen LogP contribution < -0.4 is 10.5 Å². The zero-order valence-corrected chi connectivity index (χ0v) is 13.6. The minimum absolute atomic E-state index is 0.112. The topological polar surface area (TPSA) is 108 Å². The highest BCUT2D eigenvalue weighted by Gasteiger charge is 2.25. The van der Waals surface area contributed by atoms with E-state index >= 15 is 0 Å². The lowest BCUT2D eigenvalue weighted by Crippen LogP contribution is -2.46. The number of likely N-dealkylation sites (tertiary alicyclic amines) is 1. The van der Waals surface area contributed by atoms with Crippen molar-refractivity contribution in [3.63, 3.8) is 0 Å². The molecule has 1 aliphatic heterocycles. The van der Waals surface area contributed by atoms with E-state index in [0.717, 1.165) is 11.3 Å². The van der Waals surface area contributed by atoms with Crippen molar-refractivity contribution in [2.24, 2.45) is 10.9 Å². The molecule has 0 spiro atoms. The van der Waals surface area contributed by atoms with Crippen molar-refractivity contribution in [2.75, 3.05) is 19.6 Å². The van der Waals surface area contributed by atoms with E-state index in [-0.39, 0.29) is 16.1 Å². The maximum absolute atomic E-state index is 12.2. The van der Waals surface area contributed by atoms with Gasteiger partial charge in [-0.1, -0.05) is 16.8 Å². The van der Waals surface area contributed by atoms with Crippen LogP contribution in [0.25, 0.3) is 0 Å². The van der Waals surface area contributed by atoms with Crippen LogP contribution in [0.15, 0.2) is 21.5 Å². The quantitative estimate of drug-likeness (QED) is 0.315. The van der Waals surface area contributed by atoms with Crippen molar-refractivity contribution in [3.05, 3.63) is 16.5 Å². The third kappa shape index (κ3) is 4.55. The normalized spacial score (nSPS) is 19.0. The van der Waals surface area contributed by atoms with Gasteiger partial charge in [0.15, 0.2) is 5.84 Å².